The molecule has 2 aliphatic rings. The molecule has 0 aromatic heterocycles. The van der Waals surface area contributed by atoms with E-state index in [-0.39, 0.29) is 0 Å². The van der Waals surface area contributed by atoms with Gasteiger partial charge in [-0.3, -0.25) is 4.90 Å². The normalized spacial score (nSPS) is 34.1. The number of rotatable bonds is 4. The maximum absolute atomic E-state index is 6.13. The maximum Gasteiger partial charge on any atom is 0.0422 e. The van der Waals surface area contributed by atoms with E-state index in [0.717, 1.165) is 6.54 Å². The molecule has 2 aliphatic heterocycles. The number of likely N-dealkylation sites (tertiary alicyclic amines) is 1. The van der Waals surface area contributed by atoms with Gasteiger partial charge in [0.15, 0.2) is 0 Å². The first-order valence-corrected chi connectivity index (χ1v) is 8.39. The van der Waals surface area contributed by atoms with E-state index in [9.17, 15) is 0 Å². The van der Waals surface area contributed by atoms with Crippen LogP contribution in [0.2, 0.25) is 0 Å². The van der Waals surface area contributed by atoms with E-state index in [2.05, 4.69) is 30.5 Å². The summed E-state index contributed by atoms with van der Waals surface area (Å²) in [5, 5.41) is 0. The van der Waals surface area contributed by atoms with Gasteiger partial charge in [0.1, 0.15) is 0 Å². The van der Waals surface area contributed by atoms with Crippen molar-refractivity contribution >= 4 is 11.8 Å². The zero-order chi connectivity index (χ0) is 12.4. The van der Waals surface area contributed by atoms with Crippen LogP contribution >= 0.6 is 11.8 Å². The van der Waals surface area contributed by atoms with Crippen LogP contribution in [0, 0.1) is 5.41 Å². The van der Waals surface area contributed by atoms with Crippen LogP contribution in [0.25, 0.3) is 0 Å². The Labute approximate surface area is 111 Å². The predicted octanol–water partition coefficient (Wildman–Crippen LogP) is 2.72. The molecule has 2 N–H and O–H groups in total. The summed E-state index contributed by atoms with van der Waals surface area (Å²) in [6.07, 6.45) is 6.71. The van der Waals surface area contributed by atoms with Crippen molar-refractivity contribution < 1.29 is 0 Å². The highest BCUT2D eigenvalue weighted by atomic mass is 32.2. The number of hydrogen-bond acceptors (Lipinski definition) is 3. The van der Waals surface area contributed by atoms with Gasteiger partial charge in [0.2, 0.25) is 0 Å². The van der Waals surface area contributed by atoms with Crippen molar-refractivity contribution in [2.75, 3.05) is 31.1 Å². The van der Waals surface area contributed by atoms with Crippen molar-refractivity contribution in [3.8, 4) is 0 Å². The molecule has 0 aliphatic carbocycles. The second-order valence-corrected chi connectivity index (χ2v) is 7.07. The number of nitrogens with zero attached hydrogens (tertiary/aromatic N) is 1. The monoisotopic (exact) mass is 256 g/mol. The first kappa shape index (κ1) is 13.7. The minimum atomic E-state index is 0.328. The first-order valence-electron chi connectivity index (χ1n) is 7.23. The fourth-order valence-electron chi connectivity index (χ4n) is 3.54. The van der Waals surface area contributed by atoms with E-state index >= 15 is 0 Å². The summed E-state index contributed by atoms with van der Waals surface area (Å²) in [6, 6.07) is 0. The Morgan fingerprint density at radius 1 is 1.24 bits per heavy atom. The van der Waals surface area contributed by atoms with Crippen LogP contribution < -0.4 is 5.73 Å². The lowest BCUT2D eigenvalue weighted by Gasteiger charge is -2.44. The second-order valence-electron chi connectivity index (χ2n) is 5.96. The van der Waals surface area contributed by atoms with Gasteiger partial charge in [0, 0.05) is 24.4 Å². The molecule has 2 saturated heterocycles. The van der Waals surface area contributed by atoms with E-state index in [1.165, 1.54) is 56.7 Å². The number of thioether (sulfide) groups is 1. The summed E-state index contributed by atoms with van der Waals surface area (Å²) < 4.78 is 0. The Morgan fingerprint density at radius 2 is 2.00 bits per heavy atom. The molecule has 1 unspecified atom stereocenters. The summed E-state index contributed by atoms with van der Waals surface area (Å²) in [5.41, 5.74) is 7.05. The van der Waals surface area contributed by atoms with E-state index in [0.29, 0.717) is 11.0 Å². The molecule has 0 amide bonds. The van der Waals surface area contributed by atoms with E-state index < -0.39 is 0 Å². The number of hydrogen-bond donors (Lipinski definition) is 1. The van der Waals surface area contributed by atoms with E-state index in [1.54, 1.807) is 0 Å². The fourth-order valence-corrected chi connectivity index (χ4v) is 4.86. The smallest absolute Gasteiger partial charge is 0.0422 e. The Hall–Kier alpha value is 0.270. The van der Waals surface area contributed by atoms with Crippen LogP contribution in [-0.2, 0) is 0 Å². The average molecular weight is 256 g/mol. The van der Waals surface area contributed by atoms with Gasteiger partial charge in [-0.15, -0.1) is 0 Å². The number of nitrogens with two attached hydrogens (primary N) is 1. The average Bonchev–Trinajstić information content (AvgIpc) is 2.85. The largest absolute Gasteiger partial charge is 0.329 e. The third-order valence-electron chi connectivity index (χ3n) is 5.29. The van der Waals surface area contributed by atoms with E-state index in [1.807, 2.05) is 0 Å². The van der Waals surface area contributed by atoms with Gasteiger partial charge in [-0.25, -0.2) is 0 Å². The third-order valence-corrected chi connectivity index (χ3v) is 6.61. The first-order chi connectivity index (χ1) is 8.20. The van der Waals surface area contributed by atoms with Crippen molar-refractivity contribution in [2.45, 2.75) is 51.5 Å². The zero-order valence-corrected chi connectivity index (χ0v) is 12.3. The Balaban J connectivity index is 2.07. The minimum absolute atomic E-state index is 0.328. The Kier molecular flexibility index (Phi) is 4.43. The van der Waals surface area contributed by atoms with Gasteiger partial charge in [0.25, 0.3) is 0 Å². The van der Waals surface area contributed by atoms with Crippen LogP contribution in [0.3, 0.4) is 0 Å². The molecular formula is C14H28N2S. The zero-order valence-electron chi connectivity index (χ0n) is 11.5. The third kappa shape index (κ3) is 2.52. The van der Waals surface area contributed by atoms with Gasteiger partial charge in [-0.1, -0.05) is 13.8 Å². The summed E-state index contributed by atoms with van der Waals surface area (Å²) in [5.74, 6) is 2.59. The SMILES string of the molecule is CCC1(CC)CCN(C2(CN)CCCSC2)C1. The van der Waals surface area contributed by atoms with Crippen molar-refractivity contribution in [1.29, 1.82) is 0 Å². The molecule has 2 heterocycles. The molecule has 2 rings (SSSR count). The lowest BCUT2D eigenvalue weighted by Crippen LogP contribution is -2.56. The fraction of sp³-hybridized carbons (Fsp3) is 1.00. The van der Waals surface area contributed by atoms with Crippen LogP contribution in [-0.4, -0.2) is 41.6 Å². The standard InChI is InChI=1S/C14H28N2S/c1-3-13(4-2)7-8-16(11-13)14(10-15)6-5-9-17-12-14/h3-12,15H2,1-2H3. The summed E-state index contributed by atoms with van der Waals surface area (Å²) in [6.45, 7) is 8.14. The van der Waals surface area contributed by atoms with Crippen LogP contribution in [0.15, 0.2) is 0 Å². The van der Waals surface area contributed by atoms with E-state index in [4.69, 9.17) is 5.73 Å². The van der Waals surface area contributed by atoms with Crippen molar-refractivity contribution in [3.05, 3.63) is 0 Å². The van der Waals surface area contributed by atoms with Gasteiger partial charge < -0.3 is 5.73 Å². The van der Waals surface area contributed by atoms with Gasteiger partial charge in [-0.2, -0.15) is 11.8 Å². The quantitative estimate of drug-likeness (QED) is 0.838. The highest BCUT2D eigenvalue weighted by Crippen LogP contribution is 2.42. The highest BCUT2D eigenvalue weighted by molar-refractivity contribution is 7.99. The molecule has 17 heavy (non-hydrogen) atoms. The molecule has 1 atom stereocenters. The summed E-state index contributed by atoms with van der Waals surface area (Å²) in [7, 11) is 0. The Bertz CT molecular complexity index is 245. The molecule has 0 bridgehead atoms. The predicted molar refractivity (Wildman–Crippen MR) is 77.5 cm³/mol. The van der Waals surface area contributed by atoms with Crippen molar-refractivity contribution in [3.63, 3.8) is 0 Å². The molecule has 2 nitrogen and oxygen atoms in total. The molecule has 3 heteroatoms. The Morgan fingerprint density at radius 3 is 2.47 bits per heavy atom. The molecule has 0 radical (unpaired) electrons. The maximum atomic E-state index is 6.13. The summed E-state index contributed by atoms with van der Waals surface area (Å²) >= 11 is 2.11. The second kappa shape index (κ2) is 5.50. The van der Waals surface area contributed by atoms with Crippen molar-refractivity contribution in [1.82, 2.24) is 4.90 Å². The van der Waals surface area contributed by atoms with Crippen LogP contribution in [0.5, 0.6) is 0 Å². The van der Waals surface area contributed by atoms with Crippen LogP contribution in [0.4, 0.5) is 0 Å². The molecule has 100 valence electrons. The molecule has 0 saturated carbocycles. The lowest BCUT2D eigenvalue weighted by atomic mass is 9.81. The van der Waals surface area contributed by atoms with Gasteiger partial charge in [0.05, 0.1) is 0 Å². The van der Waals surface area contributed by atoms with Gasteiger partial charge >= 0.3 is 0 Å². The summed E-state index contributed by atoms with van der Waals surface area (Å²) in [4.78, 5) is 2.74. The molecule has 0 spiro atoms. The molecule has 0 aromatic carbocycles. The topological polar surface area (TPSA) is 29.3 Å². The van der Waals surface area contributed by atoms with Crippen LogP contribution in [0.1, 0.15) is 46.0 Å². The molecule has 2 fully saturated rings. The minimum Gasteiger partial charge on any atom is -0.329 e. The highest BCUT2D eigenvalue weighted by Gasteiger charge is 2.45. The molecule has 0 aromatic rings. The molecular weight excluding hydrogens is 228 g/mol. The van der Waals surface area contributed by atoms with Gasteiger partial charge in [-0.05, 0) is 49.8 Å². The van der Waals surface area contributed by atoms with Crippen molar-refractivity contribution in [2.24, 2.45) is 11.1 Å². The lowest BCUT2D eigenvalue weighted by molar-refractivity contribution is 0.111.